The summed E-state index contributed by atoms with van der Waals surface area (Å²) in [5.41, 5.74) is 2.86. The summed E-state index contributed by atoms with van der Waals surface area (Å²) in [6.07, 6.45) is 1.76. The lowest BCUT2D eigenvalue weighted by molar-refractivity contribution is 0.174. The quantitative estimate of drug-likeness (QED) is 0.309. The number of rotatable bonds is 6. The third-order valence-corrected chi connectivity index (χ3v) is 6.13. The molecule has 0 saturated heterocycles. The first-order valence-electron chi connectivity index (χ1n) is 10.4. The fourth-order valence-electron chi connectivity index (χ4n) is 3.63. The number of hydrogen-bond donors (Lipinski definition) is 0. The first-order valence-corrected chi connectivity index (χ1v) is 11.4. The number of hydrogen-bond acceptors (Lipinski definition) is 7. The molecule has 0 atom stereocenters. The van der Waals surface area contributed by atoms with Crippen molar-refractivity contribution in [1.82, 2.24) is 19.7 Å². The molecule has 2 aromatic heterocycles. The van der Waals surface area contributed by atoms with E-state index in [1.165, 1.54) is 11.8 Å². The van der Waals surface area contributed by atoms with Gasteiger partial charge in [-0.15, -0.1) is 10.2 Å². The average molecular weight is 455 g/mol. The van der Waals surface area contributed by atoms with Crippen LogP contribution in [0.2, 0.25) is 0 Å². The van der Waals surface area contributed by atoms with E-state index in [-0.39, 0.29) is 6.79 Å². The summed E-state index contributed by atoms with van der Waals surface area (Å²) in [6.45, 7) is 0.229. The molecule has 0 unspecified atom stereocenters. The number of oxazole rings is 1. The zero-order valence-corrected chi connectivity index (χ0v) is 18.2. The van der Waals surface area contributed by atoms with Gasteiger partial charge < -0.3 is 13.9 Å². The Labute approximate surface area is 194 Å². The third-order valence-electron chi connectivity index (χ3n) is 5.22. The molecule has 0 radical (unpaired) electrons. The highest BCUT2D eigenvalue weighted by atomic mass is 32.2. The molecule has 0 saturated carbocycles. The average Bonchev–Trinajstić information content (AvgIpc) is 3.63. The highest BCUT2D eigenvalue weighted by molar-refractivity contribution is 7.98. The van der Waals surface area contributed by atoms with Crippen molar-refractivity contribution in [3.05, 3.63) is 91.0 Å². The molecular weight excluding hydrogens is 436 g/mol. The van der Waals surface area contributed by atoms with E-state index in [0.29, 0.717) is 17.4 Å². The van der Waals surface area contributed by atoms with Gasteiger partial charge in [0, 0.05) is 16.8 Å². The monoisotopic (exact) mass is 454 g/mol. The molecule has 3 aromatic carbocycles. The molecule has 7 nitrogen and oxygen atoms in total. The molecule has 162 valence electrons. The van der Waals surface area contributed by atoms with Crippen molar-refractivity contribution in [1.29, 1.82) is 0 Å². The lowest BCUT2D eigenvalue weighted by Gasteiger charge is -2.10. The lowest BCUT2D eigenvalue weighted by Crippen LogP contribution is -1.99. The molecule has 8 heteroatoms. The standard InChI is InChI=1S/C25H18N4O3S/c1-3-7-17(8-4-1)22-14-26-23(32-22)15-33-25-28-27-24(29(25)19-9-5-2-6-10-19)18-11-12-20-21(13-18)31-16-30-20/h1-14H,15-16H2. The number of thioether (sulfide) groups is 1. The SMILES string of the molecule is c1ccc(-c2cnc(CSc3nnc(-c4ccc5c(c4)OCO5)n3-c3ccccc3)o2)cc1. The lowest BCUT2D eigenvalue weighted by atomic mass is 10.2. The molecule has 0 fully saturated rings. The highest BCUT2D eigenvalue weighted by Crippen LogP contribution is 2.37. The van der Waals surface area contributed by atoms with Gasteiger partial charge in [-0.05, 0) is 30.3 Å². The molecule has 0 aliphatic carbocycles. The van der Waals surface area contributed by atoms with Gasteiger partial charge in [0.05, 0.1) is 11.9 Å². The van der Waals surface area contributed by atoms with Gasteiger partial charge in [-0.1, -0.05) is 60.3 Å². The number of aromatic nitrogens is 4. The van der Waals surface area contributed by atoms with Crippen LogP contribution in [0.25, 0.3) is 28.4 Å². The van der Waals surface area contributed by atoms with Gasteiger partial charge in [0.15, 0.2) is 28.2 Å². The second-order valence-electron chi connectivity index (χ2n) is 7.32. The van der Waals surface area contributed by atoms with Crippen molar-refractivity contribution < 1.29 is 13.9 Å². The molecular formula is C25H18N4O3S. The molecule has 6 rings (SSSR count). The summed E-state index contributed by atoms with van der Waals surface area (Å²) in [6, 6.07) is 25.8. The van der Waals surface area contributed by atoms with E-state index in [2.05, 4.69) is 15.2 Å². The Morgan fingerprint density at radius 1 is 0.818 bits per heavy atom. The van der Waals surface area contributed by atoms with Crippen LogP contribution in [0.1, 0.15) is 5.89 Å². The molecule has 5 aromatic rings. The summed E-state index contributed by atoms with van der Waals surface area (Å²) in [5.74, 6) is 4.07. The van der Waals surface area contributed by atoms with Gasteiger partial charge in [0.2, 0.25) is 12.7 Å². The van der Waals surface area contributed by atoms with E-state index >= 15 is 0 Å². The summed E-state index contributed by atoms with van der Waals surface area (Å²) in [5, 5.41) is 9.72. The number of ether oxygens (including phenoxy) is 2. The maximum atomic E-state index is 5.96. The van der Waals surface area contributed by atoms with Crippen LogP contribution in [0.15, 0.2) is 94.6 Å². The van der Waals surface area contributed by atoms with Crippen molar-refractivity contribution in [2.24, 2.45) is 0 Å². The molecule has 1 aliphatic heterocycles. The van der Waals surface area contributed by atoms with Crippen LogP contribution in [0.3, 0.4) is 0 Å². The number of fused-ring (bicyclic) bond motifs is 1. The minimum atomic E-state index is 0.229. The van der Waals surface area contributed by atoms with Crippen LogP contribution < -0.4 is 9.47 Å². The summed E-state index contributed by atoms with van der Waals surface area (Å²) in [7, 11) is 0. The topological polar surface area (TPSA) is 75.2 Å². The van der Waals surface area contributed by atoms with Gasteiger partial charge in [-0.2, -0.15) is 0 Å². The molecule has 0 amide bonds. The zero-order chi connectivity index (χ0) is 22.0. The Morgan fingerprint density at radius 2 is 1.61 bits per heavy atom. The summed E-state index contributed by atoms with van der Waals surface area (Å²) >= 11 is 1.52. The Morgan fingerprint density at radius 3 is 2.45 bits per heavy atom. The van der Waals surface area contributed by atoms with E-state index in [9.17, 15) is 0 Å². The van der Waals surface area contributed by atoms with Gasteiger partial charge in [0.25, 0.3) is 0 Å². The predicted molar refractivity (Wildman–Crippen MR) is 124 cm³/mol. The van der Waals surface area contributed by atoms with Crippen LogP contribution >= 0.6 is 11.8 Å². The van der Waals surface area contributed by atoms with Crippen molar-refractivity contribution in [2.45, 2.75) is 10.9 Å². The van der Waals surface area contributed by atoms with Crippen molar-refractivity contribution >= 4 is 11.8 Å². The summed E-state index contributed by atoms with van der Waals surface area (Å²) < 4.78 is 19.0. The van der Waals surface area contributed by atoms with E-state index in [4.69, 9.17) is 13.9 Å². The van der Waals surface area contributed by atoms with Crippen LogP contribution in [-0.2, 0) is 5.75 Å². The number of benzene rings is 3. The maximum absolute atomic E-state index is 5.96. The van der Waals surface area contributed by atoms with Crippen molar-refractivity contribution in [2.75, 3.05) is 6.79 Å². The minimum absolute atomic E-state index is 0.229. The molecule has 0 bridgehead atoms. The van der Waals surface area contributed by atoms with Gasteiger partial charge in [-0.3, -0.25) is 4.57 Å². The van der Waals surface area contributed by atoms with E-state index in [0.717, 1.165) is 39.3 Å². The van der Waals surface area contributed by atoms with Gasteiger partial charge in [-0.25, -0.2) is 4.98 Å². The normalized spacial score (nSPS) is 12.2. The van der Waals surface area contributed by atoms with Crippen molar-refractivity contribution in [3.8, 4) is 39.9 Å². The highest BCUT2D eigenvalue weighted by Gasteiger charge is 2.20. The van der Waals surface area contributed by atoms with Crippen LogP contribution in [0.5, 0.6) is 11.5 Å². The van der Waals surface area contributed by atoms with Gasteiger partial charge >= 0.3 is 0 Å². The molecule has 33 heavy (non-hydrogen) atoms. The van der Waals surface area contributed by atoms with Crippen LogP contribution in [0, 0.1) is 0 Å². The zero-order valence-electron chi connectivity index (χ0n) is 17.4. The molecule has 1 aliphatic rings. The number of para-hydroxylation sites is 1. The molecule has 3 heterocycles. The second-order valence-corrected chi connectivity index (χ2v) is 8.26. The fraction of sp³-hybridized carbons (Fsp3) is 0.0800. The third kappa shape index (κ3) is 3.85. The second kappa shape index (κ2) is 8.48. The maximum Gasteiger partial charge on any atom is 0.231 e. The summed E-state index contributed by atoms with van der Waals surface area (Å²) in [4.78, 5) is 4.44. The van der Waals surface area contributed by atoms with Gasteiger partial charge in [0.1, 0.15) is 0 Å². The minimum Gasteiger partial charge on any atom is -0.454 e. The Kier molecular flexibility index (Phi) is 5.04. The Balaban J connectivity index is 1.32. The largest absolute Gasteiger partial charge is 0.454 e. The van der Waals surface area contributed by atoms with Crippen molar-refractivity contribution in [3.63, 3.8) is 0 Å². The van der Waals surface area contributed by atoms with Crippen LogP contribution in [0.4, 0.5) is 0 Å². The molecule has 0 spiro atoms. The van der Waals surface area contributed by atoms with E-state index in [1.54, 1.807) is 6.20 Å². The van der Waals surface area contributed by atoms with Crippen LogP contribution in [-0.4, -0.2) is 26.5 Å². The number of nitrogens with zero attached hydrogens (tertiary/aromatic N) is 4. The predicted octanol–water partition coefficient (Wildman–Crippen LogP) is 5.61. The fourth-order valence-corrected chi connectivity index (χ4v) is 4.44. The Hall–Kier alpha value is -4.04. The van der Waals surface area contributed by atoms with E-state index < -0.39 is 0 Å². The first-order chi connectivity index (χ1) is 16.3. The first kappa shape index (κ1) is 19.6. The Bertz CT molecular complexity index is 1400. The smallest absolute Gasteiger partial charge is 0.231 e. The molecule has 0 N–H and O–H groups in total. The van der Waals surface area contributed by atoms with E-state index in [1.807, 2.05) is 83.4 Å².